The van der Waals surface area contributed by atoms with E-state index < -0.39 is 0 Å². The number of rotatable bonds is 2. The first-order valence-corrected chi connectivity index (χ1v) is 4.49. The zero-order chi connectivity index (χ0) is 10.1. The average Bonchev–Trinajstić information content (AvgIpc) is 2.05. The molecule has 12 heavy (non-hydrogen) atoms. The monoisotopic (exact) mass is 175 g/mol. The molecule has 0 heterocycles. The zero-order valence-electron chi connectivity index (χ0n) is 9.05. The molecule has 0 atom stereocenters. The van der Waals surface area contributed by atoms with Crippen molar-refractivity contribution in [1.82, 2.24) is 4.90 Å². The second kappa shape index (κ2) is 8.37. The first kappa shape index (κ1) is 13.8. The van der Waals surface area contributed by atoms with E-state index in [1.807, 2.05) is 34.6 Å². The van der Waals surface area contributed by atoms with E-state index in [0.29, 0.717) is 6.54 Å². The summed E-state index contributed by atoms with van der Waals surface area (Å²) < 4.78 is 4.89. The van der Waals surface area contributed by atoms with Crippen molar-refractivity contribution in [2.75, 3.05) is 13.6 Å². The van der Waals surface area contributed by atoms with Gasteiger partial charge in [0.25, 0.3) is 0 Å². The normalized spacial score (nSPS) is 8.58. The number of hydrogen-bond acceptors (Lipinski definition) is 2. The van der Waals surface area contributed by atoms with Gasteiger partial charge in [-0.2, -0.15) is 0 Å². The highest BCUT2D eigenvalue weighted by Gasteiger charge is 2.08. The van der Waals surface area contributed by atoms with E-state index in [1.54, 1.807) is 7.05 Å². The summed E-state index contributed by atoms with van der Waals surface area (Å²) >= 11 is 0. The first-order valence-electron chi connectivity index (χ1n) is 4.49. The summed E-state index contributed by atoms with van der Waals surface area (Å²) in [6.07, 6.45) is -0.279. The minimum atomic E-state index is -0.252. The van der Waals surface area contributed by atoms with Gasteiger partial charge in [0.2, 0.25) is 0 Å². The summed E-state index contributed by atoms with van der Waals surface area (Å²) in [6.45, 7) is 10.3. The minimum absolute atomic E-state index is 0.0264. The predicted octanol–water partition coefficient (Wildman–Crippen LogP) is 2.51. The maximum Gasteiger partial charge on any atom is 0.409 e. The predicted molar refractivity (Wildman–Crippen MR) is 51.3 cm³/mol. The Balaban J connectivity index is 0. The molecule has 0 aromatic heterocycles. The highest BCUT2D eigenvalue weighted by Crippen LogP contribution is 1.94. The smallest absolute Gasteiger partial charge is 0.409 e. The molecule has 0 N–H and O–H groups in total. The number of ether oxygens (including phenoxy) is 1. The van der Waals surface area contributed by atoms with Crippen molar-refractivity contribution in [3.63, 3.8) is 0 Å². The highest BCUT2D eigenvalue weighted by molar-refractivity contribution is 5.67. The molecule has 0 fully saturated rings. The molecular formula is C9H21NO2. The third-order valence-corrected chi connectivity index (χ3v) is 1.12. The SMILES string of the molecule is CC.CCN(C)C(=O)OC(C)C. The van der Waals surface area contributed by atoms with E-state index >= 15 is 0 Å². The fraction of sp³-hybridized carbons (Fsp3) is 0.889. The molecule has 74 valence electrons. The van der Waals surface area contributed by atoms with Gasteiger partial charge in [-0.15, -0.1) is 0 Å². The van der Waals surface area contributed by atoms with Gasteiger partial charge in [0.1, 0.15) is 0 Å². The van der Waals surface area contributed by atoms with Crippen molar-refractivity contribution in [3.05, 3.63) is 0 Å². The lowest BCUT2D eigenvalue weighted by atomic mass is 10.5. The van der Waals surface area contributed by atoms with E-state index in [0.717, 1.165) is 0 Å². The van der Waals surface area contributed by atoms with Gasteiger partial charge in [-0.3, -0.25) is 0 Å². The van der Waals surface area contributed by atoms with Crippen molar-refractivity contribution in [1.29, 1.82) is 0 Å². The molecule has 0 saturated heterocycles. The largest absolute Gasteiger partial charge is 0.447 e. The van der Waals surface area contributed by atoms with Crippen molar-refractivity contribution < 1.29 is 9.53 Å². The van der Waals surface area contributed by atoms with E-state index in [2.05, 4.69) is 0 Å². The molecule has 0 unspecified atom stereocenters. The Labute approximate surface area is 75.7 Å². The lowest BCUT2D eigenvalue weighted by molar-refractivity contribution is 0.0855. The van der Waals surface area contributed by atoms with Gasteiger partial charge in [-0.1, -0.05) is 13.8 Å². The van der Waals surface area contributed by atoms with Crippen LogP contribution >= 0.6 is 0 Å². The van der Waals surface area contributed by atoms with Crippen LogP contribution in [0, 0.1) is 0 Å². The van der Waals surface area contributed by atoms with Gasteiger partial charge in [0.05, 0.1) is 6.10 Å². The van der Waals surface area contributed by atoms with Crippen LogP contribution in [0.25, 0.3) is 0 Å². The van der Waals surface area contributed by atoms with Crippen LogP contribution < -0.4 is 0 Å². The highest BCUT2D eigenvalue weighted by atomic mass is 16.6. The molecule has 0 radical (unpaired) electrons. The lowest BCUT2D eigenvalue weighted by Crippen LogP contribution is -2.29. The molecule has 0 rings (SSSR count). The molecule has 0 aromatic rings. The van der Waals surface area contributed by atoms with Crippen LogP contribution in [0.15, 0.2) is 0 Å². The van der Waals surface area contributed by atoms with Crippen molar-refractivity contribution >= 4 is 6.09 Å². The number of hydrogen-bond donors (Lipinski definition) is 0. The van der Waals surface area contributed by atoms with Crippen molar-refractivity contribution in [3.8, 4) is 0 Å². The van der Waals surface area contributed by atoms with Crippen LogP contribution in [0.2, 0.25) is 0 Å². The standard InChI is InChI=1S/C7H15NO2.C2H6/c1-5-8(4)7(9)10-6(2)3;1-2/h6H,5H2,1-4H3;1-2H3. The van der Waals surface area contributed by atoms with Gasteiger partial charge in [0, 0.05) is 13.6 Å². The molecule has 3 nitrogen and oxygen atoms in total. The Hall–Kier alpha value is -0.730. The van der Waals surface area contributed by atoms with Crippen molar-refractivity contribution in [2.45, 2.75) is 40.7 Å². The topological polar surface area (TPSA) is 29.5 Å². The summed E-state index contributed by atoms with van der Waals surface area (Å²) in [5.74, 6) is 0. The fourth-order valence-electron chi connectivity index (χ4n) is 0.421. The van der Waals surface area contributed by atoms with Crippen LogP contribution in [-0.2, 0) is 4.74 Å². The Kier molecular flexibility index (Phi) is 9.65. The summed E-state index contributed by atoms with van der Waals surface area (Å²) in [5, 5.41) is 0. The van der Waals surface area contributed by atoms with Crippen LogP contribution in [-0.4, -0.2) is 30.7 Å². The summed E-state index contributed by atoms with van der Waals surface area (Å²) in [7, 11) is 1.71. The Morgan fingerprint density at radius 2 is 1.83 bits per heavy atom. The molecule has 0 aliphatic carbocycles. The minimum Gasteiger partial charge on any atom is -0.447 e. The molecule has 0 spiro atoms. The maximum absolute atomic E-state index is 10.9. The second-order valence-corrected chi connectivity index (χ2v) is 2.45. The summed E-state index contributed by atoms with van der Waals surface area (Å²) in [4.78, 5) is 12.4. The van der Waals surface area contributed by atoms with Gasteiger partial charge in [-0.25, -0.2) is 4.79 Å². The van der Waals surface area contributed by atoms with E-state index in [9.17, 15) is 4.79 Å². The quantitative estimate of drug-likeness (QED) is 0.645. The number of amides is 1. The summed E-state index contributed by atoms with van der Waals surface area (Å²) in [6, 6.07) is 0. The van der Waals surface area contributed by atoms with Crippen LogP contribution in [0.3, 0.4) is 0 Å². The molecule has 0 saturated carbocycles. The molecule has 0 aromatic carbocycles. The van der Waals surface area contributed by atoms with Crippen LogP contribution in [0.5, 0.6) is 0 Å². The van der Waals surface area contributed by atoms with Gasteiger partial charge >= 0.3 is 6.09 Å². The van der Waals surface area contributed by atoms with Crippen LogP contribution in [0.1, 0.15) is 34.6 Å². The third kappa shape index (κ3) is 7.38. The number of carbonyl (C=O) groups is 1. The van der Waals surface area contributed by atoms with Crippen LogP contribution in [0.4, 0.5) is 4.79 Å². The zero-order valence-corrected chi connectivity index (χ0v) is 9.05. The lowest BCUT2D eigenvalue weighted by Gasteiger charge is -2.16. The number of carbonyl (C=O) groups excluding carboxylic acids is 1. The maximum atomic E-state index is 10.9. The molecule has 0 bridgehead atoms. The van der Waals surface area contributed by atoms with E-state index in [1.165, 1.54) is 4.90 Å². The fourth-order valence-corrected chi connectivity index (χ4v) is 0.421. The van der Waals surface area contributed by atoms with Crippen molar-refractivity contribution in [2.24, 2.45) is 0 Å². The van der Waals surface area contributed by atoms with Gasteiger partial charge < -0.3 is 9.64 Å². The summed E-state index contributed by atoms with van der Waals surface area (Å²) in [5.41, 5.74) is 0. The first-order chi connectivity index (χ1) is 5.57. The molecule has 1 amide bonds. The Morgan fingerprint density at radius 3 is 2.08 bits per heavy atom. The second-order valence-electron chi connectivity index (χ2n) is 2.45. The van der Waals surface area contributed by atoms with E-state index in [4.69, 9.17) is 4.74 Å². The third-order valence-electron chi connectivity index (χ3n) is 1.12. The molecular weight excluding hydrogens is 154 g/mol. The number of nitrogens with zero attached hydrogens (tertiary/aromatic N) is 1. The molecule has 3 heteroatoms. The van der Waals surface area contributed by atoms with Gasteiger partial charge in [0.15, 0.2) is 0 Å². The Bertz CT molecular complexity index is 113. The van der Waals surface area contributed by atoms with Gasteiger partial charge in [-0.05, 0) is 20.8 Å². The molecule has 0 aliphatic heterocycles. The molecule has 0 aliphatic rings. The average molecular weight is 175 g/mol. The van der Waals surface area contributed by atoms with E-state index in [-0.39, 0.29) is 12.2 Å². The Morgan fingerprint density at radius 1 is 1.42 bits per heavy atom.